The summed E-state index contributed by atoms with van der Waals surface area (Å²) in [5.74, 6) is -1.31. The maximum Gasteiger partial charge on any atom is 0.416 e. The fourth-order valence-electron chi connectivity index (χ4n) is 5.99. The molecule has 2 fully saturated rings. The van der Waals surface area contributed by atoms with Gasteiger partial charge in [0.25, 0.3) is 5.91 Å². The molecule has 5 nitrogen and oxygen atoms in total. The molecule has 1 saturated heterocycles. The first-order valence-corrected chi connectivity index (χ1v) is 14.4. The summed E-state index contributed by atoms with van der Waals surface area (Å²) in [4.78, 5) is 29.1. The highest BCUT2D eigenvalue weighted by Gasteiger charge is 2.40. The summed E-state index contributed by atoms with van der Waals surface area (Å²) in [5, 5.41) is 6.78. The van der Waals surface area contributed by atoms with Crippen LogP contribution < -0.4 is 10.6 Å². The van der Waals surface area contributed by atoms with E-state index in [-0.39, 0.29) is 17.2 Å². The van der Waals surface area contributed by atoms with Crippen LogP contribution in [0.2, 0.25) is 5.02 Å². The molecule has 9 heteroatoms. The summed E-state index contributed by atoms with van der Waals surface area (Å²) in [7, 11) is 0. The number of aryl methyl sites for hydroxylation is 1. The molecule has 0 aromatic heterocycles. The zero-order valence-electron chi connectivity index (χ0n) is 22.8. The molecule has 1 aliphatic carbocycles. The Kier molecular flexibility index (Phi) is 8.59. The molecular weight excluding hydrogens is 551 g/mol. The monoisotopic (exact) mass is 583 g/mol. The van der Waals surface area contributed by atoms with Crippen molar-refractivity contribution in [2.45, 2.75) is 63.7 Å². The van der Waals surface area contributed by atoms with Gasteiger partial charge in [-0.1, -0.05) is 42.6 Å². The van der Waals surface area contributed by atoms with E-state index in [1.54, 1.807) is 29.2 Å². The van der Waals surface area contributed by atoms with Gasteiger partial charge in [-0.2, -0.15) is 13.2 Å². The molecular formula is C32H33ClF3N3O2. The first kappa shape index (κ1) is 29.0. The molecule has 1 saturated carbocycles. The number of piperidine rings is 1. The third kappa shape index (κ3) is 6.70. The number of hydrogen-bond donors (Lipinski definition) is 2. The molecule has 3 aromatic carbocycles. The van der Waals surface area contributed by atoms with Crippen LogP contribution in [-0.4, -0.2) is 29.3 Å². The van der Waals surface area contributed by atoms with Gasteiger partial charge in [-0.05, 0) is 92.3 Å². The van der Waals surface area contributed by atoms with Crippen LogP contribution in [0.4, 0.5) is 24.5 Å². The summed E-state index contributed by atoms with van der Waals surface area (Å²) >= 11 is 6.04. The van der Waals surface area contributed by atoms with E-state index in [4.69, 9.17) is 11.6 Å². The van der Waals surface area contributed by atoms with Gasteiger partial charge in [-0.15, -0.1) is 0 Å². The van der Waals surface area contributed by atoms with Crippen LogP contribution in [0, 0.1) is 12.8 Å². The predicted molar refractivity (Wildman–Crippen MR) is 155 cm³/mol. The van der Waals surface area contributed by atoms with E-state index in [1.807, 2.05) is 24.3 Å². The van der Waals surface area contributed by atoms with Crippen molar-refractivity contribution >= 4 is 34.8 Å². The quantitative estimate of drug-likeness (QED) is 0.307. The Morgan fingerprint density at radius 1 is 0.878 bits per heavy atom. The molecule has 3 aromatic rings. The molecule has 0 bridgehead atoms. The Labute approximate surface area is 243 Å². The first-order chi connectivity index (χ1) is 19.6. The number of hydrogen-bond acceptors (Lipinski definition) is 3. The van der Waals surface area contributed by atoms with Crippen molar-refractivity contribution in [2.24, 2.45) is 5.92 Å². The van der Waals surface area contributed by atoms with Crippen molar-refractivity contribution < 1.29 is 22.8 Å². The minimum Gasteiger partial charge on any atom is -0.382 e. The molecule has 0 spiro atoms. The largest absolute Gasteiger partial charge is 0.416 e. The average molecular weight is 584 g/mol. The Hall–Kier alpha value is -3.52. The van der Waals surface area contributed by atoms with Gasteiger partial charge in [-0.25, -0.2) is 0 Å². The maximum atomic E-state index is 13.7. The van der Waals surface area contributed by atoms with Gasteiger partial charge in [0.1, 0.15) is 0 Å². The van der Waals surface area contributed by atoms with Crippen LogP contribution in [0.15, 0.2) is 66.7 Å². The number of likely N-dealkylation sites (tertiary alicyclic amines) is 1. The molecule has 2 N–H and O–H groups in total. The zero-order valence-corrected chi connectivity index (χ0v) is 23.6. The summed E-state index contributed by atoms with van der Waals surface area (Å²) in [5.41, 5.74) is 1.59. The number of alkyl halides is 3. The standard InChI is InChI=1S/C32H33ClF3N3O2/c1-20-8-15-26(19-28(20)32(34,35)36)38-30(40)27-7-4-18-39(31(41)22-9-13-23(33)14-10-22)29(27)21-11-16-25(17-12-21)37-24-5-2-3-6-24/h8-17,19,24,27,29,37H,2-7,18H2,1H3,(H,38,40)/t27-,29?/m0/s1. The van der Waals surface area contributed by atoms with E-state index < -0.39 is 29.6 Å². The average Bonchev–Trinajstić information content (AvgIpc) is 3.46. The maximum absolute atomic E-state index is 13.7. The number of halogens is 4. The van der Waals surface area contributed by atoms with Crippen molar-refractivity contribution in [1.29, 1.82) is 0 Å². The van der Waals surface area contributed by atoms with Crippen LogP contribution in [-0.2, 0) is 11.0 Å². The second-order valence-electron chi connectivity index (χ2n) is 11.0. The number of anilines is 2. The van der Waals surface area contributed by atoms with E-state index in [1.165, 1.54) is 31.9 Å². The fraction of sp³-hybridized carbons (Fsp3) is 0.375. The SMILES string of the molecule is Cc1ccc(NC(=O)[C@H]2CCCN(C(=O)c3ccc(Cl)cc3)C2c2ccc(NC3CCCC3)cc2)cc1C(F)(F)F. The summed E-state index contributed by atoms with van der Waals surface area (Å²) in [6.07, 6.45) is 1.21. The van der Waals surface area contributed by atoms with Crippen molar-refractivity contribution in [2.75, 3.05) is 17.2 Å². The Bertz CT molecular complexity index is 1390. The van der Waals surface area contributed by atoms with Gasteiger partial charge in [0, 0.05) is 34.5 Å². The Balaban J connectivity index is 1.45. The minimum atomic E-state index is -4.53. The van der Waals surface area contributed by atoms with Crippen LogP contribution in [0.3, 0.4) is 0 Å². The number of benzene rings is 3. The lowest BCUT2D eigenvalue weighted by molar-refractivity contribution is -0.138. The van der Waals surface area contributed by atoms with E-state index >= 15 is 0 Å². The van der Waals surface area contributed by atoms with Gasteiger partial charge in [-0.3, -0.25) is 9.59 Å². The second kappa shape index (κ2) is 12.1. The number of carbonyl (C=O) groups is 2. The Morgan fingerprint density at radius 3 is 2.20 bits per heavy atom. The summed E-state index contributed by atoms with van der Waals surface area (Å²) in [6, 6.07) is 18.1. The van der Waals surface area contributed by atoms with Crippen LogP contribution in [0.5, 0.6) is 0 Å². The second-order valence-corrected chi connectivity index (χ2v) is 11.4. The first-order valence-electron chi connectivity index (χ1n) is 14.0. The lowest BCUT2D eigenvalue weighted by Gasteiger charge is -2.41. The lowest BCUT2D eigenvalue weighted by Crippen LogP contribution is -2.46. The molecule has 2 amide bonds. The molecule has 2 atom stereocenters. The number of nitrogens with zero attached hydrogens (tertiary/aromatic N) is 1. The minimum absolute atomic E-state index is 0.0731. The van der Waals surface area contributed by atoms with Crippen molar-refractivity contribution in [3.63, 3.8) is 0 Å². The van der Waals surface area contributed by atoms with E-state index in [2.05, 4.69) is 10.6 Å². The normalized spacial score (nSPS) is 19.7. The molecule has 216 valence electrons. The lowest BCUT2D eigenvalue weighted by atomic mass is 9.83. The fourth-order valence-corrected chi connectivity index (χ4v) is 6.12. The van der Waals surface area contributed by atoms with Crippen LogP contribution >= 0.6 is 11.6 Å². The van der Waals surface area contributed by atoms with Gasteiger partial charge >= 0.3 is 6.18 Å². The van der Waals surface area contributed by atoms with Gasteiger partial charge in [0.2, 0.25) is 5.91 Å². The number of amides is 2. The molecule has 1 aliphatic heterocycles. The number of nitrogens with one attached hydrogen (secondary N) is 2. The molecule has 1 heterocycles. The van der Waals surface area contributed by atoms with Gasteiger partial charge in [0.15, 0.2) is 0 Å². The highest BCUT2D eigenvalue weighted by Crippen LogP contribution is 2.39. The number of carbonyl (C=O) groups excluding carboxylic acids is 2. The topological polar surface area (TPSA) is 61.4 Å². The zero-order chi connectivity index (χ0) is 29.1. The molecule has 0 radical (unpaired) electrons. The van der Waals surface area contributed by atoms with Crippen molar-refractivity contribution in [1.82, 2.24) is 4.90 Å². The third-order valence-electron chi connectivity index (χ3n) is 8.11. The van der Waals surface area contributed by atoms with E-state index in [0.29, 0.717) is 36.0 Å². The van der Waals surface area contributed by atoms with Gasteiger partial charge < -0.3 is 15.5 Å². The summed E-state index contributed by atoms with van der Waals surface area (Å²) < 4.78 is 40.6. The third-order valence-corrected chi connectivity index (χ3v) is 8.36. The number of rotatable bonds is 6. The highest BCUT2D eigenvalue weighted by atomic mass is 35.5. The van der Waals surface area contributed by atoms with E-state index in [9.17, 15) is 22.8 Å². The molecule has 2 aliphatic rings. The molecule has 41 heavy (non-hydrogen) atoms. The summed E-state index contributed by atoms with van der Waals surface area (Å²) in [6.45, 7) is 1.83. The van der Waals surface area contributed by atoms with Crippen LogP contribution in [0.25, 0.3) is 0 Å². The van der Waals surface area contributed by atoms with Crippen molar-refractivity contribution in [3.8, 4) is 0 Å². The Morgan fingerprint density at radius 2 is 1.54 bits per heavy atom. The molecule has 1 unspecified atom stereocenters. The van der Waals surface area contributed by atoms with Crippen LogP contribution in [0.1, 0.15) is 71.6 Å². The van der Waals surface area contributed by atoms with E-state index in [0.717, 1.165) is 30.2 Å². The predicted octanol–water partition coefficient (Wildman–Crippen LogP) is 8.25. The van der Waals surface area contributed by atoms with Crippen molar-refractivity contribution in [3.05, 3.63) is 94.0 Å². The highest BCUT2D eigenvalue weighted by molar-refractivity contribution is 6.30. The van der Waals surface area contributed by atoms with Gasteiger partial charge in [0.05, 0.1) is 17.5 Å². The smallest absolute Gasteiger partial charge is 0.382 e. The molecule has 5 rings (SSSR count).